The zero-order valence-corrected chi connectivity index (χ0v) is 13.7. The number of fused-ring (bicyclic) bond motifs is 1. The summed E-state index contributed by atoms with van der Waals surface area (Å²) in [5.41, 5.74) is 0.366. The van der Waals surface area contributed by atoms with Gasteiger partial charge in [-0.3, -0.25) is 9.69 Å². The summed E-state index contributed by atoms with van der Waals surface area (Å²) in [6, 6.07) is 0. The monoisotopic (exact) mass is 307 g/mol. The molecule has 3 heterocycles. The number of nitrogens with one attached hydrogen (secondary N) is 1. The predicted octanol–water partition coefficient (Wildman–Crippen LogP) is 1.80. The molecule has 6 heteroatoms. The Hall–Kier alpha value is -1.24. The first-order valence-electron chi connectivity index (χ1n) is 7.24. The molecule has 0 aromatic carbocycles. The van der Waals surface area contributed by atoms with Gasteiger partial charge in [-0.05, 0) is 25.3 Å². The maximum absolute atomic E-state index is 12.2. The Morgan fingerprint density at radius 2 is 2.10 bits per heavy atom. The van der Waals surface area contributed by atoms with Crippen LogP contribution < -0.4 is 5.56 Å². The number of rotatable bonds is 3. The fraction of sp³-hybridized carbons (Fsp3) is 0.600. The van der Waals surface area contributed by atoms with Crippen molar-refractivity contribution in [1.29, 1.82) is 0 Å². The molecule has 5 nitrogen and oxygen atoms in total. The summed E-state index contributed by atoms with van der Waals surface area (Å²) in [5.74, 6) is 0.922. The molecular weight excluding hydrogens is 286 g/mol. The predicted molar refractivity (Wildman–Crippen MR) is 84.8 cm³/mol. The molecule has 2 N–H and O–H groups in total. The average molecular weight is 307 g/mol. The lowest BCUT2D eigenvalue weighted by Crippen LogP contribution is -2.64. The second kappa shape index (κ2) is 4.90. The van der Waals surface area contributed by atoms with E-state index in [2.05, 4.69) is 14.9 Å². The standard InChI is InChI=1S/C15H21N3O2S/c1-8(2)15(20)6-18(7-15)5-11-16-13(19)12-9(3)10(4)21-14(12)17-11/h8,20H,5-7H2,1-4H3,(H,16,17,19). The minimum Gasteiger partial charge on any atom is -0.387 e. The van der Waals surface area contributed by atoms with Crippen molar-refractivity contribution in [3.8, 4) is 0 Å². The van der Waals surface area contributed by atoms with Crippen LogP contribution in [0, 0.1) is 19.8 Å². The molecule has 0 amide bonds. The van der Waals surface area contributed by atoms with E-state index < -0.39 is 5.60 Å². The highest BCUT2D eigenvalue weighted by atomic mass is 32.1. The van der Waals surface area contributed by atoms with Crippen LogP contribution in [0.1, 0.15) is 30.1 Å². The van der Waals surface area contributed by atoms with Gasteiger partial charge in [0.15, 0.2) is 0 Å². The van der Waals surface area contributed by atoms with E-state index in [1.54, 1.807) is 11.3 Å². The van der Waals surface area contributed by atoms with Crippen LogP contribution in [0.2, 0.25) is 0 Å². The molecule has 0 spiro atoms. The van der Waals surface area contributed by atoms with Crippen LogP contribution in [0.15, 0.2) is 4.79 Å². The molecule has 1 fully saturated rings. The van der Waals surface area contributed by atoms with Gasteiger partial charge < -0.3 is 10.1 Å². The normalized spacial score (nSPS) is 18.4. The number of H-pyrrole nitrogens is 1. The van der Waals surface area contributed by atoms with Crippen molar-refractivity contribution >= 4 is 21.6 Å². The lowest BCUT2D eigenvalue weighted by molar-refractivity contribution is -0.131. The van der Waals surface area contributed by atoms with Gasteiger partial charge in [0.05, 0.1) is 17.5 Å². The summed E-state index contributed by atoms with van der Waals surface area (Å²) in [4.78, 5) is 23.7. The minimum atomic E-state index is -0.597. The topological polar surface area (TPSA) is 69.2 Å². The zero-order valence-electron chi connectivity index (χ0n) is 12.9. The molecule has 1 aliphatic heterocycles. The third kappa shape index (κ3) is 2.41. The minimum absolute atomic E-state index is 0.0588. The number of thiophene rings is 1. The maximum atomic E-state index is 12.2. The number of aromatic amines is 1. The average Bonchev–Trinajstić information content (AvgIpc) is 2.63. The molecule has 0 radical (unpaired) electrons. The van der Waals surface area contributed by atoms with Gasteiger partial charge in [-0.15, -0.1) is 11.3 Å². The molecule has 2 aromatic heterocycles. The van der Waals surface area contributed by atoms with Crippen LogP contribution in [-0.4, -0.2) is 38.7 Å². The summed E-state index contributed by atoms with van der Waals surface area (Å²) in [7, 11) is 0. The number of aromatic nitrogens is 2. The Balaban J connectivity index is 1.82. The molecule has 2 aromatic rings. The molecule has 0 aliphatic carbocycles. The Morgan fingerprint density at radius 3 is 2.71 bits per heavy atom. The van der Waals surface area contributed by atoms with Gasteiger partial charge in [0.25, 0.3) is 5.56 Å². The van der Waals surface area contributed by atoms with E-state index in [0.29, 0.717) is 30.8 Å². The molecule has 3 rings (SSSR count). The third-order valence-corrected chi connectivity index (χ3v) is 5.63. The highest BCUT2D eigenvalue weighted by Gasteiger charge is 2.43. The number of hydrogen-bond donors (Lipinski definition) is 2. The van der Waals surface area contributed by atoms with E-state index in [-0.39, 0.29) is 11.5 Å². The van der Waals surface area contributed by atoms with E-state index in [9.17, 15) is 9.90 Å². The van der Waals surface area contributed by atoms with Crippen LogP contribution in [-0.2, 0) is 6.54 Å². The Kier molecular flexibility index (Phi) is 3.43. The van der Waals surface area contributed by atoms with Crippen molar-refractivity contribution in [1.82, 2.24) is 14.9 Å². The molecule has 0 bridgehead atoms. The van der Waals surface area contributed by atoms with E-state index in [1.165, 1.54) is 0 Å². The molecule has 114 valence electrons. The molecule has 21 heavy (non-hydrogen) atoms. The van der Waals surface area contributed by atoms with Gasteiger partial charge in [-0.1, -0.05) is 13.8 Å². The molecule has 0 atom stereocenters. The number of nitrogens with zero attached hydrogens (tertiary/aromatic N) is 2. The fourth-order valence-corrected chi connectivity index (χ4v) is 3.84. The summed E-state index contributed by atoms with van der Waals surface area (Å²) >= 11 is 1.57. The van der Waals surface area contributed by atoms with Crippen LogP contribution in [0.25, 0.3) is 10.2 Å². The quantitative estimate of drug-likeness (QED) is 0.907. The smallest absolute Gasteiger partial charge is 0.259 e. The summed E-state index contributed by atoms with van der Waals surface area (Å²) < 4.78 is 0. The lowest BCUT2D eigenvalue weighted by atomic mass is 9.83. The van der Waals surface area contributed by atoms with Gasteiger partial charge in [0.1, 0.15) is 10.7 Å². The summed E-state index contributed by atoms with van der Waals surface area (Å²) in [6.45, 7) is 9.88. The van der Waals surface area contributed by atoms with Crippen molar-refractivity contribution < 1.29 is 5.11 Å². The first kappa shape index (κ1) is 14.7. The van der Waals surface area contributed by atoms with Crippen molar-refractivity contribution in [3.63, 3.8) is 0 Å². The summed E-state index contributed by atoms with van der Waals surface area (Å²) in [5, 5.41) is 11.0. The molecule has 1 aliphatic rings. The second-order valence-corrected chi connectivity index (χ2v) is 7.58. The van der Waals surface area contributed by atoms with E-state index in [0.717, 1.165) is 15.3 Å². The zero-order chi connectivity index (χ0) is 15.4. The molecular formula is C15H21N3O2S. The van der Waals surface area contributed by atoms with Crippen molar-refractivity contribution in [2.75, 3.05) is 13.1 Å². The number of aryl methyl sites for hydroxylation is 2. The Labute approximate surface area is 127 Å². The number of aliphatic hydroxyl groups is 1. The maximum Gasteiger partial charge on any atom is 0.259 e. The molecule has 1 saturated heterocycles. The lowest BCUT2D eigenvalue weighted by Gasteiger charge is -2.48. The number of β-amino-alcohol motifs (C(OH)–C–C–N with tert-alkyl or cyclic N) is 1. The highest BCUT2D eigenvalue weighted by Crippen LogP contribution is 2.30. The van der Waals surface area contributed by atoms with Gasteiger partial charge in [0, 0.05) is 18.0 Å². The van der Waals surface area contributed by atoms with Gasteiger partial charge in [-0.2, -0.15) is 0 Å². The first-order chi connectivity index (χ1) is 9.80. The van der Waals surface area contributed by atoms with Gasteiger partial charge in [0.2, 0.25) is 0 Å². The molecule has 0 saturated carbocycles. The number of hydrogen-bond acceptors (Lipinski definition) is 5. The fourth-order valence-electron chi connectivity index (χ4n) is 2.79. The van der Waals surface area contributed by atoms with E-state index in [1.807, 2.05) is 27.7 Å². The van der Waals surface area contributed by atoms with E-state index in [4.69, 9.17) is 0 Å². The molecule has 0 unspecified atom stereocenters. The van der Waals surface area contributed by atoms with Gasteiger partial charge >= 0.3 is 0 Å². The Morgan fingerprint density at radius 1 is 1.43 bits per heavy atom. The van der Waals surface area contributed by atoms with E-state index >= 15 is 0 Å². The summed E-state index contributed by atoms with van der Waals surface area (Å²) in [6.07, 6.45) is 0. The van der Waals surface area contributed by atoms with Crippen LogP contribution in [0.4, 0.5) is 0 Å². The van der Waals surface area contributed by atoms with Crippen molar-refractivity contribution in [3.05, 3.63) is 26.6 Å². The highest BCUT2D eigenvalue weighted by molar-refractivity contribution is 7.18. The van der Waals surface area contributed by atoms with Gasteiger partial charge in [-0.25, -0.2) is 4.98 Å². The first-order valence-corrected chi connectivity index (χ1v) is 8.05. The largest absolute Gasteiger partial charge is 0.387 e. The van der Waals surface area contributed by atoms with Crippen molar-refractivity contribution in [2.45, 2.75) is 39.8 Å². The van der Waals surface area contributed by atoms with Crippen LogP contribution >= 0.6 is 11.3 Å². The Bertz CT molecular complexity index is 741. The number of likely N-dealkylation sites (tertiary alicyclic amines) is 1. The second-order valence-electron chi connectivity index (χ2n) is 6.38. The SMILES string of the molecule is Cc1sc2nc(CN3CC(O)(C(C)C)C3)[nH]c(=O)c2c1C. The van der Waals surface area contributed by atoms with Crippen LogP contribution in [0.3, 0.4) is 0 Å². The van der Waals surface area contributed by atoms with Crippen LogP contribution in [0.5, 0.6) is 0 Å². The van der Waals surface area contributed by atoms with Crippen molar-refractivity contribution in [2.24, 2.45) is 5.92 Å². The third-order valence-electron chi connectivity index (χ3n) is 4.53.